The molecule has 0 aliphatic carbocycles. The van der Waals surface area contributed by atoms with Gasteiger partial charge in [-0.25, -0.2) is 0 Å². The molecular formula is C13H14O. The lowest BCUT2D eigenvalue weighted by Gasteiger charge is -2.16. The van der Waals surface area contributed by atoms with Crippen LogP contribution in [0, 0.1) is 5.92 Å². The van der Waals surface area contributed by atoms with Gasteiger partial charge in [-0.05, 0) is 28.7 Å². The molecule has 2 unspecified atom stereocenters. The van der Waals surface area contributed by atoms with E-state index in [0.717, 1.165) is 0 Å². The van der Waals surface area contributed by atoms with E-state index in [0.29, 0.717) is 5.92 Å². The van der Waals surface area contributed by atoms with Crippen molar-refractivity contribution in [3.05, 3.63) is 47.0 Å². The van der Waals surface area contributed by atoms with Crippen molar-refractivity contribution in [3.63, 3.8) is 0 Å². The van der Waals surface area contributed by atoms with Crippen LogP contribution in [0.3, 0.4) is 0 Å². The molecule has 0 N–H and O–H groups in total. The predicted octanol–water partition coefficient (Wildman–Crippen LogP) is 3.40. The maximum atomic E-state index is 5.92. The standard InChI is InChI=1S/C13H14O/c1-8(2)11-7-12-9-5-3-4-6-10(9)13(11)14-12/h3-8,12-13H,1-2H3. The summed E-state index contributed by atoms with van der Waals surface area (Å²) in [6.45, 7) is 4.47. The maximum Gasteiger partial charge on any atom is 0.106 e. The highest BCUT2D eigenvalue weighted by Crippen LogP contribution is 2.51. The highest BCUT2D eigenvalue weighted by Gasteiger charge is 2.39. The zero-order chi connectivity index (χ0) is 9.71. The van der Waals surface area contributed by atoms with Crippen molar-refractivity contribution in [2.45, 2.75) is 26.1 Å². The van der Waals surface area contributed by atoms with Crippen LogP contribution in [0.25, 0.3) is 0 Å². The van der Waals surface area contributed by atoms with E-state index in [9.17, 15) is 0 Å². The van der Waals surface area contributed by atoms with E-state index in [1.165, 1.54) is 16.7 Å². The summed E-state index contributed by atoms with van der Waals surface area (Å²) in [5.41, 5.74) is 4.19. The van der Waals surface area contributed by atoms with Crippen molar-refractivity contribution in [1.29, 1.82) is 0 Å². The highest BCUT2D eigenvalue weighted by atomic mass is 16.5. The first kappa shape index (κ1) is 8.25. The Balaban J connectivity index is 2.09. The minimum Gasteiger partial charge on any atom is -0.357 e. The molecule has 0 aromatic heterocycles. The van der Waals surface area contributed by atoms with Gasteiger partial charge in [-0.15, -0.1) is 0 Å². The van der Waals surface area contributed by atoms with Crippen LogP contribution in [-0.4, -0.2) is 0 Å². The molecular weight excluding hydrogens is 172 g/mol. The number of fused-ring (bicyclic) bond motifs is 5. The zero-order valence-electron chi connectivity index (χ0n) is 8.53. The number of benzene rings is 1. The number of hydrogen-bond acceptors (Lipinski definition) is 1. The Morgan fingerprint density at radius 3 is 2.57 bits per heavy atom. The van der Waals surface area contributed by atoms with E-state index in [1.54, 1.807) is 0 Å². The van der Waals surface area contributed by atoms with Crippen molar-refractivity contribution in [2.75, 3.05) is 0 Å². The van der Waals surface area contributed by atoms with E-state index in [4.69, 9.17) is 4.74 Å². The van der Waals surface area contributed by atoms with E-state index in [2.05, 4.69) is 44.2 Å². The van der Waals surface area contributed by atoms with Crippen LogP contribution in [-0.2, 0) is 4.74 Å². The fraction of sp³-hybridized carbons (Fsp3) is 0.385. The van der Waals surface area contributed by atoms with E-state index in [-0.39, 0.29) is 12.2 Å². The molecule has 1 aromatic carbocycles. The second-order valence-electron chi connectivity index (χ2n) is 4.39. The summed E-state index contributed by atoms with van der Waals surface area (Å²) >= 11 is 0. The van der Waals surface area contributed by atoms with Crippen molar-refractivity contribution in [2.24, 2.45) is 5.92 Å². The SMILES string of the molecule is CC(C)C1=CC2OC1c1ccccc12. The van der Waals surface area contributed by atoms with Crippen LogP contribution in [0.4, 0.5) is 0 Å². The first-order valence-corrected chi connectivity index (χ1v) is 5.23. The van der Waals surface area contributed by atoms with Gasteiger partial charge in [0.15, 0.2) is 0 Å². The quantitative estimate of drug-likeness (QED) is 0.611. The molecule has 0 amide bonds. The molecule has 2 aliphatic heterocycles. The second-order valence-corrected chi connectivity index (χ2v) is 4.39. The minimum atomic E-state index is 0.230. The zero-order valence-corrected chi connectivity index (χ0v) is 8.53. The lowest BCUT2D eigenvalue weighted by atomic mass is 9.86. The normalized spacial score (nSPS) is 28.1. The lowest BCUT2D eigenvalue weighted by Crippen LogP contribution is -2.04. The van der Waals surface area contributed by atoms with Gasteiger partial charge < -0.3 is 4.74 Å². The average molecular weight is 186 g/mol. The molecule has 2 aliphatic rings. The molecule has 0 spiro atoms. The molecule has 2 atom stereocenters. The topological polar surface area (TPSA) is 9.23 Å². The Kier molecular flexibility index (Phi) is 1.59. The van der Waals surface area contributed by atoms with Crippen LogP contribution < -0.4 is 0 Å². The van der Waals surface area contributed by atoms with Gasteiger partial charge in [0.1, 0.15) is 12.2 Å². The predicted molar refractivity (Wildman–Crippen MR) is 55.9 cm³/mol. The third kappa shape index (κ3) is 0.934. The van der Waals surface area contributed by atoms with Gasteiger partial charge in [0.25, 0.3) is 0 Å². The Morgan fingerprint density at radius 2 is 1.86 bits per heavy atom. The molecule has 72 valence electrons. The van der Waals surface area contributed by atoms with Crippen molar-refractivity contribution < 1.29 is 4.74 Å². The summed E-state index contributed by atoms with van der Waals surface area (Å²) in [5, 5.41) is 0. The molecule has 14 heavy (non-hydrogen) atoms. The maximum absolute atomic E-state index is 5.92. The molecule has 2 bridgehead atoms. The number of rotatable bonds is 1. The fourth-order valence-corrected chi connectivity index (χ4v) is 2.45. The van der Waals surface area contributed by atoms with E-state index < -0.39 is 0 Å². The number of ether oxygens (including phenoxy) is 1. The largest absolute Gasteiger partial charge is 0.357 e. The van der Waals surface area contributed by atoms with Crippen molar-refractivity contribution in [3.8, 4) is 0 Å². The second kappa shape index (κ2) is 2.71. The first-order valence-electron chi connectivity index (χ1n) is 5.23. The van der Waals surface area contributed by atoms with Crippen LogP contribution in [0.5, 0.6) is 0 Å². The van der Waals surface area contributed by atoms with Crippen LogP contribution in [0.1, 0.15) is 37.2 Å². The summed E-state index contributed by atoms with van der Waals surface area (Å²) in [6.07, 6.45) is 2.77. The monoisotopic (exact) mass is 186 g/mol. The summed E-state index contributed by atoms with van der Waals surface area (Å²) in [7, 11) is 0. The third-order valence-corrected chi connectivity index (χ3v) is 3.18. The summed E-state index contributed by atoms with van der Waals surface area (Å²) in [6, 6.07) is 8.55. The van der Waals surface area contributed by atoms with Crippen molar-refractivity contribution in [1.82, 2.24) is 0 Å². The smallest absolute Gasteiger partial charge is 0.106 e. The lowest BCUT2D eigenvalue weighted by molar-refractivity contribution is 0.0800. The molecule has 3 rings (SSSR count). The Bertz CT molecular complexity index is 403. The molecule has 2 heterocycles. The molecule has 0 radical (unpaired) electrons. The fourth-order valence-electron chi connectivity index (χ4n) is 2.45. The first-order chi connectivity index (χ1) is 6.77. The molecule has 1 aromatic rings. The number of hydrogen-bond donors (Lipinski definition) is 0. The van der Waals surface area contributed by atoms with E-state index in [1.807, 2.05) is 0 Å². The summed E-state index contributed by atoms with van der Waals surface area (Å²) in [4.78, 5) is 0. The van der Waals surface area contributed by atoms with Crippen molar-refractivity contribution >= 4 is 0 Å². The minimum absolute atomic E-state index is 0.230. The summed E-state index contributed by atoms with van der Waals surface area (Å²) in [5.74, 6) is 0.596. The summed E-state index contributed by atoms with van der Waals surface area (Å²) < 4.78 is 5.92. The van der Waals surface area contributed by atoms with Gasteiger partial charge in [-0.1, -0.05) is 38.1 Å². The van der Waals surface area contributed by atoms with Gasteiger partial charge in [0.05, 0.1) is 0 Å². The molecule has 0 saturated carbocycles. The third-order valence-electron chi connectivity index (χ3n) is 3.18. The molecule has 0 saturated heterocycles. The Morgan fingerprint density at radius 1 is 1.14 bits per heavy atom. The van der Waals surface area contributed by atoms with Gasteiger partial charge in [0, 0.05) is 0 Å². The molecule has 1 heteroatoms. The van der Waals surface area contributed by atoms with Gasteiger partial charge in [0.2, 0.25) is 0 Å². The van der Waals surface area contributed by atoms with Gasteiger partial charge in [-0.2, -0.15) is 0 Å². The highest BCUT2D eigenvalue weighted by molar-refractivity contribution is 5.46. The van der Waals surface area contributed by atoms with Gasteiger partial charge >= 0.3 is 0 Å². The van der Waals surface area contributed by atoms with E-state index >= 15 is 0 Å². The molecule has 1 nitrogen and oxygen atoms in total. The van der Waals surface area contributed by atoms with Gasteiger partial charge in [-0.3, -0.25) is 0 Å². The Hall–Kier alpha value is -1.08. The van der Waals surface area contributed by atoms with Crippen LogP contribution in [0.2, 0.25) is 0 Å². The average Bonchev–Trinajstić information content (AvgIpc) is 2.75. The molecule has 0 fully saturated rings. The van der Waals surface area contributed by atoms with Crippen LogP contribution >= 0.6 is 0 Å². The van der Waals surface area contributed by atoms with Crippen LogP contribution in [0.15, 0.2) is 35.9 Å². The Labute approximate surface area is 84.4 Å².